The zero-order chi connectivity index (χ0) is 20.4. The van der Waals surface area contributed by atoms with Crippen molar-refractivity contribution in [1.82, 2.24) is 14.9 Å². The molecule has 150 valence electrons. The van der Waals surface area contributed by atoms with Gasteiger partial charge in [0.05, 0.1) is 25.8 Å². The summed E-state index contributed by atoms with van der Waals surface area (Å²) in [6, 6.07) is 13.1. The monoisotopic (exact) mass is 394 g/mol. The van der Waals surface area contributed by atoms with E-state index in [9.17, 15) is 9.90 Å². The third-order valence-electron chi connectivity index (χ3n) is 5.23. The molecular weight excluding hydrogens is 372 g/mol. The summed E-state index contributed by atoms with van der Waals surface area (Å²) in [6.07, 6.45) is 0.600. The zero-order valence-electron chi connectivity index (χ0n) is 16.3. The van der Waals surface area contributed by atoms with Crippen molar-refractivity contribution in [3.05, 3.63) is 54.4 Å². The van der Waals surface area contributed by atoms with Gasteiger partial charge in [0.25, 0.3) is 0 Å². The maximum atomic E-state index is 11.8. The summed E-state index contributed by atoms with van der Waals surface area (Å²) in [5.74, 6) is 1.95. The lowest BCUT2D eigenvalue weighted by Crippen LogP contribution is -2.50. The summed E-state index contributed by atoms with van der Waals surface area (Å²) < 4.78 is 10.8. The Morgan fingerprint density at radius 2 is 1.79 bits per heavy atom. The number of carboxylic acid groups (broad SMARTS) is 1. The Bertz CT molecular complexity index is 1030. The first-order valence-corrected chi connectivity index (χ1v) is 9.28. The molecule has 0 spiro atoms. The number of amides is 1. The average Bonchev–Trinajstić information content (AvgIpc) is 2.77. The van der Waals surface area contributed by atoms with Gasteiger partial charge >= 0.3 is 6.09 Å². The molecule has 1 saturated heterocycles. The molecule has 1 atom stereocenters. The van der Waals surface area contributed by atoms with E-state index >= 15 is 0 Å². The van der Waals surface area contributed by atoms with Crippen molar-refractivity contribution in [1.29, 1.82) is 0 Å². The minimum atomic E-state index is -0.919. The molecule has 2 heterocycles. The van der Waals surface area contributed by atoms with E-state index in [0.717, 1.165) is 22.3 Å². The van der Waals surface area contributed by atoms with E-state index in [4.69, 9.17) is 9.47 Å². The van der Waals surface area contributed by atoms with E-state index < -0.39 is 6.09 Å². The van der Waals surface area contributed by atoms with E-state index in [2.05, 4.69) is 14.9 Å². The summed E-state index contributed by atoms with van der Waals surface area (Å²) in [4.78, 5) is 24.3. The van der Waals surface area contributed by atoms with Gasteiger partial charge in [-0.3, -0.25) is 4.90 Å². The van der Waals surface area contributed by atoms with Gasteiger partial charge in [-0.1, -0.05) is 30.3 Å². The summed E-state index contributed by atoms with van der Waals surface area (Å²) in [5.41, 5.74) is 1.70. The molecular formula is C21H22N4O4. The van der Waals surface area contributed by atoms with Gasteiger partial charge in [0.15, 0.2) is 11.5 Å². The van der Waals surface area contributed by atoms with Crippen LogP contribution in [0.2, 0.25) is 0 Å². The summed E-state index contributed by atoms with van der Waals surface area (Å²) in [5, 5.41) is 10.5. The Morgan fingerprint density at radius 3 is 2.48 bits per heavy atom. The Hall–Kier alpha value is -3.55. The van der Waals surface area contributed by atoms with Crippen molar-refractivity contribution in [3.8, 4) is 11.5 Å². The lowest BCUT2D eigenvalue weighted by Gasteiger charge is -2.41. The molecule has 4 rings (SSSR count). The van der Waals surface area contributed by atoms with Crippen molar-refractivity contribution >= 4 is 22.8 Å². The van der Waals surface area contributed by atoms with E-state index in [0.29, 0.717) is 31.1 Å². The third kappa shape index (κ3) is 3.49. The molecule has 8 heteroatoms. The number of rotatable bonds is 4. The van der Waals surface area contributed by atoms with Crippen LogP contribution in [0, 0.1) is 0 Å². The van der Waals surface area contributed by atoms with Crippen LogP contribution in [0.3, 0.4) is 0 Å². The van der Waals surface area contributed by atoms with Gasteiger partial charge in [-0.15, -0.1) is 0 Å². The molecule has 1 aliphatic heterocycles. The van der Waals surface area contributed by atoms with Gasteiger partial charge in [-0.2, -0.15) is 0 Å². The fourth-order valence-corrected chi connectivity index (χ4v) is 3.79. The van der Waals surface area contributed by atoms with Crippen molar-refractivity contribution < 1.29 is 19.4 Å². The smallest absolute Gasteiger partial charge is 0.407 e. The Balaban J connectivity index is 1.75. The minimum Gasteiger partial charge on any atom is -0.493 e. The number of hydrogen-bond acceptors (Lipinski definition) is 6. The minimum absolute atomic E-state index is 0.285. The molecule has 0 bridgehead atoms. The number of piperazine rings is 1. The van der Waals surface area contributed by atoms with Crippen molar-refractivity contribution in [2.45, 2.75) is 6.04 Å². The summed E-state index contributed by atoms with van der Waals surface area (Å²) in [7, 11) is 3.17. The van der Waals surface area contributed by atoms with Crippen LogP contribution >= 0.6 is 0 Å². The van der Waals surface area contributed by atoms with Crippen molar-refractivity contribution in [3.63, 3.8) is 0 Å². The van der Waals surface area contributed by atoms with Crippen LogP contribution in [0.15, 0.2) is 48.8 Å². The number of hydrogen-bond donors (Lipinski definition) is 1. The Labute approximate surface area is 168 Å². The van der Waals surface area contributed by atoms with E-state index in [1.54, 1.807) is 14.2 Å². The van der Waals surface area contributed by atoms with Gasteiger partial charge in [0.2, 0.25) is 0 Å². The Kier molecular flexibility index (Phi) is 5.07. The van der Waals surface area contributed by atoms with Crippen LogP contribution in [-0.2, 0) is 0 Å². The highest BCUT2D eigenvalue weighted by Crippen LogP contribution is 2.36. The highest BCUT2D eigenvalue weighted by molar-refractivity contribution is 5.92. The molecule has 1 aromatic heterocycles. The van der Waals surface area contributed by atoms with Gasteiger partial charge < -0.3 is 19.5 Å². The molecule has 0 radical (unpaired) electrons. The summed E-state index contributed by atoms with van der Waals surface area (Å²) in [6.45, 7) is 1.42. The fraction of sp³-hybridized carbons (Fsp3) is 0.286. The second-order valence-electron chi connectivity index (χ2n) is 6.77. The standard InChI is InChI=1S/C21H22N4O4/c1-28-18-10-15-16(11-19(18)29-2)22-13-23-20(15)24-8-9-25(21(26)27)17(12-24)14-6-4-3-5-7-14/h3-7,10-11,13,17H,8-9,12H2,1-2H3,(H,26,27). The second kappa shape index (κ2) is 7.83. The number of benzene rings is 2. The highest BCUT2D eigenvalue weighted by atomic mass is 16.5. The maximum Gasteiger partial charge on any atom is 0.407 e. The molecule has 1 aliphatic rings. The molecule has 1 N–H and O–H groups in total. The van der Waals surface area contributed by atoms with E-state index in [1.807, 2.05) is 42.5 Å². The molecule has 0 aliphatic carbocycles. The zero-order valence-corrected chi connectivity index (χ0v) is 16.3. The molecule has 1 amide bonds. The number of fused-ring (bicyclic) bond motifs is 1. The largest absolute Gasteiger partial charge is 0.493 e. The van der Waals surface area contributed by atoms with Gasteiger partial charge in [0, 0.05) is 31.1 Å². The second-order valence-corrected chi connectivity index (χ2v) is 6.77. The topological polar surface area (TPSA) is 88.0 Å². The van der Waals surface area contributed by atoms with Crippen LogP contribution in [0.25, 0.3) is 10.9 Å². The number of nitrogens with zero attached hydrogens (tertiary/aromatic N) is 4. The normalized spacial score (nSPS) is 16.7. The molecule has 8 nitrogen and oxygen atoms in total. The fourth-order valence-electron chi connectivity index (χ4n) is 3.79. The molecule has 29 heavy (non-hydrogen) atoms. The van der Waals surface area contributed by atoms with Crippen LogP contribution in [-0.4, -0.2) is 59.9 Å². The number of anilines is 1. The molecule has 1 fully saturated rings. The van der Waals surface area contributed by atoms with Gasteiger partial charge in [-0.25, -0.2) is 14.8 Å². The predicted octanol–water partition coefficient (Wildman–Crippen LogP) is 3.19. The van der Waals surface area contributed by atoms with Crippen LogP contribution in [0.5, 0.6) is 11.5 Å². The first-order chi connectivity index (χ1) is 14.1. The maximum absolute atomic E-state index is 11.8. The van der Waals surface area contributed by atoms with Gasteiger partial charge in [-0.05, 0) is 11.6 Å². The van der Waals surface area contributed by atoms with Crippen molar-refractivity contribution in [2.24, 2.45) is 0 Å². The number of methoxy groups -OCH3 is 2. The summed E-state index contributed by atoms with van der Waals surface area (Å²) >= 11 is 0. The third-order valence-corrected chi connectivity index (χ3v) is 5.23. The predicted molar refractivity (Wildman–Crippen MR) is 109 cm³/mol. The molecule has 1 unspecified atom stereocenters. The SMILES string of the molecule is COc1cc2ncnc(N3CCN(C(=O)O)C(c4ccccc4)C3)c2cc1OC. The Morgan fingerprint density at radius 1 is 1.07 bits per heavy atom. The highest BCUT2D eigenvalue weighted by Gasteiger charge is 2.32. The van der Waals surface area contributed by atoms with E-state index in [-0.39, 0.29) is 6.04 Å². The lowest BCUT2D eigenvalue weighted by atomic mass is 10.0. The average molecular weight is 394 g/mol. The number of aromatic nitrogens is 2. The quantitative estimate of drug-likeness (QED) is 0.727. The van der Waals surface area contributed by atoms with Crippen LogP contribution in [0.4, 0.5) is 10.6 Å². The van der Waals surface area contributed by atoms with E-state index in [1.165, 1.54) is 11.2 Å². The van der Waals surface area contributed by atoms with Crippen molar-refractivity contribution in [2.75, 3.05) is 38.8 Å². The van der Waals surface area contributed by atoms with Gasteiger partial charge in [0.1, 0.15) is 12.1 Å². The first kappa shape index (κ1) is 18.8. The van der Waals surface area contributed by atoms with Crippen LogP contribution < -0.4 is 14.4 Å². The number of ether oxygens (including phenoxy) is 2. The lowest BCUT2D eigenvalue weighted by molar-refractivity contribution is 0.118. The number of carbonyl (C=O) groups is 1. The molecule has 2 aromatic carbocycles. The molecule has 3 aromatic rings. The van der Waals surface area contributed by atoms with Crippen LogP contribution in [0.1, 0.15) is 11.6 Å². The molecule has 0 saturated carbocycles. The first-order valence-electron chi connectivity index (χ1n) is 9.28.